The lowest BCUT2D eigenvalue weighted by molar-refractivity contribution is 0.379. The number of phenols is 3. The molecule has 5 aromatic rings. The number of hydrogen-bond acceptors (Lipinski definition) is 7. The van der Waals surface area contributed by atoms with Crippen LogP contribution in [0.3, 0.4) is 0 Å². The van der Waals surface area contributed by atoms with Crippen LogP contribution in [0.2, 0.25) is 0 Å². The quantitative estimate of drug-likeness (QED) is 0.371. The average molecular weight is 411 g/mol. The van der Waals surface area contributed by atoms with E-state index < -0.39 is 0 Å². The lowest BCUT2D eigenvalue weighted by atomic mass is 9.96. The highest BCUT2D eigenvalue weighted by molar-refractivity contribution is 6.11. The number of aromatic hydroxyl groups is 3. The van der Waals surface area contributed by atoms with Gasteiger partial charge in [0, 0.05) is 17.7 Å². The summed E-state index contributed by atoms with van der Waals surface area (Å²) in [6, 6.07) is 20.2. The number of rotatable bonds is 3. The highest BCUT2D eigenvalue weighted by Crippen LogP contribution is 2.41. The van der Waals surface area contributed by atoms with E-state index >= 15 is 0 Å². The van der Waals surface area contributed by atoms with Crippen LogP contribution >= 0.6 is 0 Å². The first-order valence-corrected chi connectivity index (χ1v) is 9.51. The Morgan fingerprint density at radius 2 is 1.16 bits per heavy atom. The first-order valence-electron chi connectivity index (χ1n) is 9.51. The van der Waals surface area contributed by atoms with Gasteiger partial charge >= 0.3 is 6.01 Å². The van der Waals surface area contributed by atoms with E-state index in [0.717, 1.165) is 39.2 Å². The van der Waals surface area contributed by atoms with E-state index in [9.17, 15) is 15.3 Å². The van der Waals surface area contributed by atoms with Crippen LogP contribution in [-0.2, 0) is 0 Å². The van der Waals surface area contributed by atoms with Crippen molar-refractivity contribution >= 4 is 21.5 Å². The molecule has 152 valence electrons. The largest absolute Gasteiger partial charge is 0.508 e. The summed E-state index contributed by atoms with van der Waals surface area (Å²) >= 11 is 0. The molecule has 4 aromatic carbocycles. The van der Waals surface area contributed by atoms with Crippen molar-refractivity contribution in [1.82, 2.24) is 15.0 Å². The van der Waals surface area contributed by atoms with Crippen LogP contribution in [0.4, 0.5) is 0 Å². The molecule has 0 fully saturated rings. The van der Waals surface area contributed by atoms with Gasteiger partial charge in [0.25, 0.3) is 0 Å². The summed E-state index contributed by atoms with van der Waals surface area (Å²) in [5, 5.41) is 34.2. The number of nitrogens with zero attached hydrogens (tertiary/aromatic N) is 3. The van der Waals surface area contributed by atoms with E-state index in [1.807, 2.05) is 48.5 Å². The van der Waals surface area contributed by atoms with Crippen LogP contribution in [0.5, 0.6) is 23.3 Å². The normalized spacial score (nSPS) is 11.1. The van der Waals surface area contributed by atoms with Crippen LogP contribution in [0.1, 0.15) is 0 Å². The molecule has 7 nitrogen and oxygen atoms in total. The second kappa shape index (κ2) is 7.14. The molecule has 7 heteroatoms. The molecule has 5 rings (SSSR count). The fourth-order valence-electron chi connectivity index (χ4n) is 3.75. The Hall–Kier alpha value is -4.39. The van der Waals surface area contributed by atoms with E-state index in [-0.39, 0.29) is 34.6 Å². The van der Waals surface area contributed by atoms with Gasteiger partial charge in [0.2, 0.25) is 0 Å². The molecule has 0 unspecified atom stereocenters. The summed E-state index contributed by atoms with van der Waals surface area (Å²) in [6.45, 7) is 0. The molecule has 31 heavy (non-hydrogen) atoms. The van der Waals surface area contributed by atoms with Crippen molar-refractivity contribution in [3.8, 4) is 46.0 Å². The molecule has 0 amide bonds. The van der Waals surface area contributed by atoms with Gasteiger partial charge in [0.15, 0.2) is 11.6 Å². The SMILES string of the molecule is COc1nc(-c2c(O)cc(O)cc2O)nc(-c2c3ccccc3cc3ccccc23)n1. The number of ether oxygens (including phenoxy) is 1. The minimum absolute atomic E-state index is 0.0221. The van der Waals surface area contributed by atoms with E-state index in [1.165, 1.54) is 7.11 Å². The summed E-state index contributed by atoms with van der Waals surface area (Å²) in [7, 11) is 1.43. The Bertz CT molecular complexity index is 1390. The van der Waals surface area contributed by atoms with Gasteiger partial charge in [0.1, 0.15) is 22.8 Å². The Morgan fingerprint density at radius 1 is 0.645 bits per heavy atom. The summed E-state index contributed by atoms with van der Waals surface area (Å²) < 4.78 is 5.29. The maximum atomic E-state index is 10.3. The van der Waals surface area contributed by atoms with Crippen molar-refractivity contribution in [2.24, 2.45) is 0 Å². The van der Waals surface area contributed by atoms with Crippen molar-refractivity contribution in [2.45, 2.75) is 0 Å². The maximum Gasteiger partial charge on any atom is 0.320 e. The number of methoxy groups -OCH3 is 1. The molecule has 0 saturated carbocycles. The molecule has 3 N–H and O–H groups in total. The summed E-state index contributed by atoms with van der Waals surface area (Å²) in [5.41, 5.74) is 0.762. The zero-order chi connectivity index (χ0) is 21.5. The van der Waals surface area contributed by atoms with Gasteiger partial charge in [-0.3, -0.25) is 0 Å². The predicted molar refractivity (Wildman–Crippen MR) is 117 cm³/mol. The highest BCUT2D eigenvalue weighted by Gasteiger charge is 2.20. The topological polar surface area (TPSA) is 109 Å². The molecule has 1 heterocycles. The number of aromatic nitrogens is 3. The van der Waals surface area contributed by atoms with Crippen LogP contribution in [0.15, 0.2) is 66.7 Å². The van der Waals surface area contributed by atoms with Crippen LogP contribution in [0.25, 0.3) is 44.3 Å². The fourth-order valence-corrected chi connectivity index (χ4v) is 3.75. The number of benzene rings is 4. The van der Waals surface area contributed by atoms with Gasteiger partial charge < -0.3 is 20.1 Å². The monoisotopic (exact) mass is 411 g/mol. The average Bonchev–Trinajstić information content (AvgIpc) is 2.76. The smallest absolute Gasteiger partial charge is 0.320 e. The van der Waals surface area contributed by atoms with E-state index in [0.29, 0.717) is 5.82 Å². The number of fused-ring (bicyclic) bond motifs is 2. The van der Waals surface area contributed by atoms with Crippen molar-refractivity contribution in [3.63, 3.8) is 0 Å². The third-order valence-corrected chi connectivity index (χ3v) is 5.10. The van der Waals surface area contributed by atoms with Gasteiger partial charge in [-0.25, -0.2) is 4.98 Å². The molecule has 0 radical (unpaired) electrons. The standard InChI is InChI=1S/C24H17N3O4/c1-31-24-26-22(25-23(27-24)21-18(29)11-15(28)12-19(21)30)20-16-8-4-2-6-13(16)10-14-7-3-5-9-17(14)20/h2-12,28-30H,1H3. The van der Waals surface area contributed by atoms with Crippen molar-refractivity contribution in [3.05, 3.63) is 66.7 Å². The second-order valence-electron chi connectivity index (χ2n) is 7.02. The number of phenolic OH excluding ortho intramolecular Hbond substituents is 3. The molecule has 0 aliphatic carbocycles. The Kier molecular flexibility index (Phi) is 4.29. The molecule has 0 bridgehead atoms. The summed E-state index contributed by atoms with van der Waals surface area (Å²) in [6.07, 6.45) is 0. The fraction of sp³-hybridized carbons (Fsp3) is 0.0417. The Morgan fingerprint density at radius 3 is 1.71 bits per heavy atom. The molecular formula is C24H17N3O4. The first kappa shape index (κ1) is 18.6. The first-order chi connectivity index (χ1) is 15.0. The second-order valence-corrected chi connectivity index (χ2v) is 7.02. The predicted octanol–water partition coefficient (Wildman–Crippen LogP) is 4.64. The van der Waals surface area contributed by atoms with Crippen molar-refractivity contribution < 1.29 is 20.1 Å². The van der Waals surface area contributed by atoms with Crippen LogP contribution in [0, 0.1) is 0 Å². The van der Waals surface area contributed by atoms with E-state index in [2.05, 4.69) is 21.0 Å². The molecule has 0 aliphatic rings. The number of hydrogen-bond donors (Lipinski definition) is 3. The van der Waals surface area contributed by atoms with Gasteiger partial charge in [0.05, 0.1) is 7.11 Å². The molecular weight excluding hydrogens is 394 g/mol. The van der Waals surface area contributed by atoms with Gasteiger partial charge in [-0.05, 0) is 27.6 Å². The molecule has 0 aliphatic heterocycles. The minimum atomic E-state index is -0.362. The third kappa shape index (κ3) is 3.12. The molecule has 0 saturated heterocycles. The molecule has 0 spiro atoms. The van der Waals surface area contributed by atoms with Crippen LogP contribution < -0.4 is 4.74 Å². The summed E-state index contributed by atoms with van der Waals surface area (Å²) in [5.74, 6) is -0.644. The molecule has 0 atom stereocenters. The summed E-state index contributed by atoms with van der Waals surface area (Å²) in [4.78, 5) is 13.3. The van der Waals surface area contributed by atoms with Crippen molar-refractivity contribution in [2.75, 3.05) is 7.11 Å². The minimum Gasteiger partial charge on any atom is -0.508 e. The van der Waals surface area contributed by atoms with Gasteiger partial charge in [-0.2, -0.15) is 9.97 Å². The van der Waals surface area contributed by atoms with E-state index in [1.54, 1.807) is 0 Å². The van der Waals surface area contributed by atoms with Crippen molar-refractivity contribution in [1.29, 1.82) is 0 Å². The van der Waals surface area contributed by atoms with Gasteiger partial charge in [-0.15, -0.1) is 0 Å². The lowest BCUT2D eigenvalue weighted by Gasteiger charge is -2.13. The van der Waals surface area contributed by atoms with Gasteiger partial charge in [-0.1, -0.05) is 48.5 Å². The zero-order valence-electron chi connectivity index (χ0n) is 16.4. The van der Waals surface area contributed by atoms with E-state index in [4.69, 9.17) is 4.74 Å². The Labute approximate surface area is 176 Å². The zero-order valence-corrected chi connectivity index (χ0v) is 16.4. The van der Waals surface area contributed by atoms with Crippen LogP contribution in [-0.4, -0.2) is 37.4 Å². The third-order valence-electron chi connectivity index (χ3n) is 5.10. The molecule has 1 aromatic heterocycles. The lowest BCUT2D eigenvalue weighted by Crippen LogP contribution is -2.01. The Balaban J connectivity index is 1.87. The highest BCUT2D eigenvalue weighted by atomic mass is 16.5. The maximum absolute atomic E-state index is 10.3.